The summed E-state index contributed by atoms with van der Waals surface area (Å²) in [6.07, 6.45) is 1.73. The Kier molecular flexibility index (Phi) is 3.64. The monoisotopic (exact) mass is 253 g/mol. The van der Waals surface area contributed by atoms with Crippen LogP contribution in [-0.2, 0) is 13.1 Å². The molecule has 1 aromatic carbocycles. The first kappa shape index (κ1) is 11.9. The first-order valence-corrected chi connectivity index (χ1v) is 5.78. The normalized spacial score (nSPS) is 10.5. The molecule has 1 N–H and O–H groups in total. The molecule has 1 heterocycles. The fraction of sp³-hybridized carbons (Fsp3) is 0.250. The van der Waals surface area contributed by atoms with Gasteiger partial charge in [-0.25, -0.2) is 4.39 Å². The zero-order chi connectivity index (χ0) is 12.3. The van der Waals surface area contributed by atoms with Gasteiger partial charge in [-0.1, -0.05) is 11.6 Å². The highest BCUT2D eigenvalue weighted by Gasteiger charge is 2.04. The van der Waals surface area contributed by atoms with Crippen molar-refractivity contribution in [1.82, 2.24) is 9.78 Å². The van der Waals surface area contributed by atoms with Crippen molar-refractivity contribution in [3.8, 4) is 0 Å². The van der Waals surface area contributed by atoms with Crippen LogP contribution in [0.15, 0.2) is 30.5 Å². The third-order valence-electron chi connectivity index (χ3n) is 2.50. The number of rotatable bonds is 4. The second-order valence-corrected chi connectivity index (χ2v) is 4.05. The molecule has 0 saturated carbocycles. The number of nitrogens with zero attached hydrogens (tertiary/aromatic N) is 2. The predicted molar refractivity (Wildman–Crippen MR) is 66.6 cm³/mol. The maximum Gasteiger partial charge on any atom is 0.147 e. The van der Waals surface area contributed by atoms with Gasteiger partial charge in [-0.2, -0.15) is 5.10 Å². The quantitative estimate of drug-likeness (QED) is 0.906. The van der Waals surface area contributed by atoms with Crippen LogP contribution in [0.4, 0.5) is 10.1 Å². The highest BCUT2D eigenvalue weighted by atomic mass is 35.5. The largest absolute Gasteiger partial charge is 0.377 e. The molecule has 1 aromatic heterocycles. The lowest BCUT2D eigenvalue weighted by Crippen LogP contribution is -2.08. The summed E-state index contributed by atoms with van der Waals surface area (Å²) in [5, 5.41) is 7.56. The van der Waals surface area contributed by atoms with Crippen LogP contribution in [-0.4, -0.2) is 9.78 Å². The van der Waals surface area contributed by atoms with Crippen LogP contribution in [0.1, 0.15) is 12.6 Å². The molecule has 0 unspecified atom stereocenters. The molecule has 0 aliphatic heterocycles. The predicted octanol–water partition coefficient (Wildman–Crippen LogP) is 3.31. The summed E-state index contributed by atoms with van der Waals surface area (Å²) in [6.45, 7) is 3.35. The maximum atomic E-state index is 13.5. The molecule has 0 aliphatic carbocycles. The zero-order valence-electron chi connectivity index (χ0n) is 9.45. The van der Waals surface area contributed by atoms with Crippen molar-refractivity contribution in [3.63, 3.8) is 0 Å². The molecule has 0 saturated heterocycles. The lowest BCUT2D eigenvalue weighted by atomic mass is 10.3. The molecule has 0 aliphatic rings. The smallest absolute Gasteiger partial charge is 0.147 e. The maximum absolute atomic E-state index is 13.5. The van der Waals surface area contributed by atoms with E-state index in [1.54, 1.807) is 18.3 Å². The Morgan fingerprint density at radius 2 is 2.24 bits per heavy atom. The van der Waals surface area contributed by atoms with E-state index in [1.807, 2.05) is 17.7 Å². The van der Waals surface area contributed by atoms with Crippen LogP contribution in [0.25, 0.3) is 0 Å². The van der Waals surface area contributed by atoms with E-state index in [4.69, 9.17) is 11.6 Å². The molecular formula is C12H13ClFN3. The lowest BCUT2D eigenvalue weighted by molar-refractivity contribution is 0.619. The first-order valence-electron chi connectivity index (χ1n) is 5.40. The van der Waals surface area contributed by atoms with Crippen molar-refractivity contribution in [1.29, 1.82) is 0 Å². The van der Waals surface area contributed by atoms with Crippen molar-refractivity contribution in [2.45, 2.75) is 20.0 Å². The number of nitrogens with one attached hydrogen (secondary N) is 1. The molecule has 0 fully saturated rings. The molecule has 0 amide bonds. The van der Waals surface area contributed by atoms with E-state index in [0.29, 0.717) is 17.3 Å². The number of aromatic nitrogens is 2. The molecular weight excluding hydrogens is 241 g/mol. The van der Waals surface area contributed by atoms with Gasteiger partial charge in [0.05, 0.1) is 17.9 Å². The third kappa shape index (κ3) is 2.77. The summed E-state index contributed by atoms with van der Waals surface area (Å²) in [5.74, 6) is -0.347. The number of hydrogen-bond acceptors (Lipinski definition) is 2. The van der Waals surface area contributed by atoms with Gasteiger partial charge < -0.3 is 5.32 Å². The van der Waals surface area contributed by atoms with Crippen molar-refractivity contribution in [2.75, 3.05) is 5.32 Å². The van der Waals surface area contributed by atoms with Gasteiger partial charge in [-0.05, 0) is 31.2 Å². The Balaban J connectivity index is 2.07. The van der Waals surface area contributed by atoms with Gasteiger partial charge in [-0.15, -0.1) is 0 Å². The van der Waals surface area contributed by atoms with E-state index in [1.165, 1.54) is 6.07 Å². The third-order valence-corrected chi connectivity index (χ3v) is 2.73. The Hall–Kier alpha value is -1.55. The van der Waals surface area contributed by atoms with Gasteiger partial charge in [0.2, 0.25) is 0 Å². The van der Waals surface area contributed by atoms with Crippen LogP contribution < -0.4 is 5.32 Å². The Morgan fingerprint density at radius 1 is 1.41 bits per heavy atom. The number of aryl methyl sites for hydroxylation is 1. The Labute approximate surface area is 104 Å². The Morgan fingerprint density at radius 3 is 2.94 bits per heavy atom. The molecule has 0 radical (unpaired) electrons. The Bertz CT molecular complexity index is 510. The minimum absolute atomic E-state index is 0.347. The van der Waals surface area contributed by atoms with E-state index >= 15 is 0 Å². The minimum atomic E-state index is -0.347. The number of benzene rings is 1. The van der Waals surface area contributed by atoms with Crippen molar-refractivity contribution in [2.24, 2.45) is 0 Å². The van der Waals surface area contributed by atoms with Crippen molar-refractivity contribution >= 4 is 17.3 Å². The van der Waals surface area contributed by atoms with Crippen molar-refractivity contribution in [3.05, 3.63) is 47.0 Å². The summed E-state index contributed by atoms with van der Waals surface area (Å²) in [7, 11) is 0. The molecule has 0 atom stereocenters. The number of hydrogen-bond donors (Lipinski definition) is 1. The molecule has 0 spiro atoms. The van der Waals surface area contributed by atoms with Crippen LogP contribution in [0.2, 0.25) is 5.02 Å². The zero-order valence-corrected chi connectivity index (χ0v) is 10.2. The second-order valence-electron chi connectivity index (χ2n) is 3.62. The van der Waals surface area contributed by atoms with Gasteiger partial charge in [0.15, 0.2) is 0 Å². The van der Waals surface area contributed by atoms with Crippen LogP contribution >= 0.6 is 11.6 Å². The van der Waals surface area contributed by atoms with Crippen LogP contribution in [0, 0.1) is 5.82 Å². The highest BCUT2D eigenvalue weighted by molar-refractivity contribution is 6.30. The molecule has 0 bridgehead atoms. The molecule has 17 heavy (non-hydrogen) atoms. The highest BCUT2D eigenvalue weighted by Crippen LogP contribution is 2.19. The lowest BCUT2D eigenvalue weighted by Gasteiger charge is -2.09. The second kappa shape index (κ2) is 5.19. The molecule has 2 aromatic rings. The number of anilines is 1. The number of halogens is 2. The standard InChI is InChI=1S/C12H13ClFN3/c1-2-17-10(5-6-16-17)8-15-12-4-3-9(13)7-11(12)14/h3-7,15H,2,8H2,1H3. The van der Waals surface area contributed by atoms with Gasteiger partial charge in [-0.3, -0.25) is 4.68 Å². The first-order chi connectivity index (χ1) is 8.20. The van der Waals surface area contributed by atoms with E-state index in [-0.39, 0.29) is 5.82 Å². The molecule has 2 rings (SSSR count). The van der Waals surface area contributed by atoms with E-state index in [9.17, 15) is 4.39 Å². The van der Waals surface area contributed by atoms with Crippen LogP contribution in [0.3, 0.4) is 0 Å². The minimum Gasteiger partial charge on any atom is -0.377 e. The summed E-state index contributed by atoms with van der Waals surface area (Å²) in [6, 6.07) is 6.49. The van der Waals surface area contributed by atoms with Gasteiger partial charge >= 0.3 is 0 Å². The topological polar surface area (TPSA) is 29.9 Å². The molecule has 90 valence electrons. The SMILES string of the molecule is CCn1nccc1CNc1ccc(Cl)cc1F. The summed E-state index contributed by atoms with van der Waals surface area (Å²) in [5.41, 5.74) is 1.46. The van der Waals surface area contributed by atoms with Gasteiger partial charge in [0, 0.05) is 17.8 Å². The van der Waals surface area contributed by atoms with Gasteiger partial charge in [0.25, 0.3) is 0 Å². The fourth-order valence-electron chi connectivity index (χ4n) is 1.61. The summed E-state index contributed by atoms with van der Waals surface area (Å²) >= 11 is 5.68. The summed E-state index contributed by atoms with van der Waals surface area (Å²) < 4.78 is 15.4. The summed E-state index contributed by atoms with van der Waals surface area (Å²) in [4.78, 5) is 0. The van der Waals surface area contributed by atoms with E-state index in [0.717, 1.165) is 12.2 Å². The van der Waals surface area contributed by atoms with E-state index in [2.05, 4.69) is 10.4 Å². The van der Waals surface area contributed by atoms with E-state index < -0.39 is 0 Å². The molecule has 3 nitrogen and oxygen atoms in total. The fourth-order valence-corrected chi connectivity index (χ4v) is 1.77. The van der Waals surface area contributed by atoms with Gasteiger partial charge in [0.1, 0.15) is 5.82 Å². The molecule has 5 heteroatoms. The van der Waals surface area contributed by atoms with Crippen molar-refractivity contribution < 1.29 is 4.39 Å². The average Bonchev–Trinajstić information content (AvgIpc) is 2.75. The average molecular weight is 254 g/mol. The van der Waals surface area contributed by atoms with Crippen LogP contribution in [0.5, 0.6) is 0 Å².